The number of nitrogens with zero attached hydrogens (tertiary/aromatic N) is 1. The van der Waals surface area contributed by atoms with Gasteiger partial charge in [0.1, 0.15) is 0 Å². The van der Waals surface area contributed by atoms with Gasteiger partial charge in [0, 0.05) is 15.8 Å². The van der Waals surface area contributed by atoms with E-state index in [2.05, 4.69) is 50.9 Å². The summed E-state index contributed by atoms with van der Waals surface area (Å²) in [5.41, 5.74) is 2.95. The highest BCUT2D eigenvalue weighted by molar-refractivity contribution is 8.25. The Balaban J connectivity index is 1.81. The lowest BCUT2D eigenvalue weighted by Crippen LogP contribution is -2.59. The molecule has 0 N–H and O–H groups in total. The molecule has 0 aliphatic carbocycles. The Hall–Kier alpha value is -0.515. The quantitative estimate of drug-likeness (QED) is 0.756. The van der Waals surface area contributed by atoms with E-state index in [0.29, 0.717) is 0 Å². The van der Waals surface area contributed by atoms with Gasteiger partial charge in [-0.15, -0.1) is 22.9 Å². The van der Waals surface area contributed by atoms with E-state index < -0.39 is 0 Å². The summed E-state index contributed by atoms with van der Waals surface area (Å²) >= 11 is 3.50. The Morgan fingerprint density at radius 3 is 2.72 bits per heavy atom. The Bertz CT molecular complexity index is 593. The van der Waals surface area contributed by atoms with Crippen molar-refractivity contribution in [3.8, 4) is 0 Å². The van der Waals surface area contributed by atoms with Crippen molar-refractivity contribution in [3.05, 3.63) is 23.7 Å². The summed E-state index contributed by atoms with van der Waals surface area (Å²) in [5, 5.41) is 0.195. The molecule has 1 aliphatic rings. The number of fused-ring (bicyclic) bond motifs is 1. The summed E-state index contributed by atoms with van der Waals surface area (Å²) in [6.45, 7) is 8.88. The molecule has 1 saturated heterocycles. The maximum atomic E-state index is 5.99. The van der Waals surface area contributed by atoms with Crippen LogP contribution in [0.25, 0.3) is 10.2 Å². The molecule has 2 nitrogen and oxygen atoms in total. The number of benzene rings is 1. The fraction of sp³-hybridized carbons (Fsp3) is 0.462. The van der Waals surface area contributed by atoms with Gasteiger partial charge in [-0.3, -0.25) is 0 Å². The third kappa shape index (κ3) is 1.80. The van der Waals surface area contributed by atoms with Crippen molar-refractivity contribution in [1.82, 2.24) is 4.98 Å². The van der Waals surface area contributed by atoms with Crippen molar-refractivity contribution < 1.29 is 4.65 Å². The number of rotatable bonds is 2. The predicted octanol–water partition coefficient (Wildman–Crippen LogP) is 4.47. The van der Waals surface area contributed by atoms with E-state index in [4.69, 9.17) is 4.65 Å². The molecule has 1 aliphatic heterocycles. The normalized spacial score (nSPS) is 21.0. The van der Waals surface area contributed by atoms with Crippen LogP contribution in [0.2, 0.25) is 5.31 Å². The van der Waals surface area contributed by atoms with E-state index in [0.717, 1.165) is 5.52 Å². The second kappa shape index (κ2) is 3.99. The van der Waals surface area contributed by atoms with Crippen LogP contribution in [0.15, 0.2) is 28.6 Å². The Kier molecular flexibility index (Phi) is 2.77. The highest BCUT2D eigenvalue weighted by Gasteiger charge is 2.59. The van der Waals surface area contributed by atoms with Gasteiger partial charge in [-0.25, -0.2) is 4.98 Å². The number of thiazole rings is 1. The maximum Gasteiger partial charge on any atom is 0.375 e. The molecule has 1 aromatic heterocycles. The number of hydrogen-bond donors (Lipinski definition) is 0. The van der Waals surface area contributed by atoms with Crippen LogP contribution < -0.4 is 0 Å². The van der Waals surface area contributed by atoms with Crippen molar-refractivity contribution in [2.75, 3.05) is 0 Å². The first kappa shape index (κ1) is 12.5. The lowest BCUT2D eigenvalue weighted by Gasteiger charge is -2.56. The molecule has 1 aromatic carbocycles. The summed E-state index contributed by atoms with van der Waals surface area (Å²) < 4.78 is 7.24. The molecule has 0 radical (unpaired) electrons. The van der Waals surface area contributed by atoms with Crippen molar-refractivity contribution in [2.24, 2.45) is 0 Å². The fourth-order valence-corrected chi connectivity index (χ4v) is 4.23. The van der Waals surface area contributed by atoms with Crippen molar-refractivity contribution in [2.45, 2.75) is 43.5 Å². The highest BCUT2D eigenvalue weighted by atomic mass is 32.2. The van der Waals surface area contributed by atoms with E-state index in [9.17, 15) is 0 Å². The zero-order valence-electron chi connectivity index (χ0n) is 11.1. The molecule has 0 amide bonds. The van der Waals surface area contributed by atoms with Gasteiger partial charge in [0.25, 0.3) is 0 Å². The summed E-state index contributed by atoms with van der Waals surface area (Å²) in [6, 6.07) is 6.44. The lowest BCUT2D eigenvalue weighted by molar-refractivity contribution is -0.00482. The van der Waals surface area contributed by atoms with Gasteiger partial charge in [0.2, 0.25) is 0 Å². The van der Waals surface area contributed by atoms with Gasteiger partial charge in [-0.1, -0.05) is 13.8 Å². The molecule has 2 heterocycles. The molecular weight excluding hydrogens is 261 g/mol. The fourth-order valence-electron chi connectivity index (χ4n) is 2.00. The molecule has 3 rings (SSSR count). The first-order valence-electron chi connectivity index (χ1n) is 6.08. The second-order valence-corrected chi connectivity index (χ2v) is 7.80. The minimum atomic E-state index is -0.0285. The van der Waals surface area contributed by atoms with Crippen LogP contribution in [-0.2, 0) is 4.65 Å². The monoisotopic (exact) mass is 277 g/mol. The Morgan fingerprint density at radius 2 is 2.06 bits per heavy atom. The van der Waals surface area contributed by atoms with Crippen molar-refractivity contribution in [1.29, 1.82) is 0 Å². The van der Waals surface area contributed by atoms with Gasteiger partial charge in [0.05, 0.1) is 15.7 Å². The maximum absolute atomic E-state index is 5.99. The molecule has 0 atom stereocenters. The zero-order valence-corrected chi connectivity index (χ0v) is 12.7. The second-order valence-electron chi connectivity index (χ2n) is 5.78. The Labute approximate surface area is 116 Å². The predicted molar refractivity (Wildman–Crippen MR) is 80.4 cm³/mol. The molecule has 1 fully saturated rings. The molecule has 0 unspecified atom stereocenters. The smallest absolute Gasteiger partial charge is 0.375 e. The first-order chi connectivity index (χ1) is 8.40. The minimum absolute atomic E-state index is 0.0285. The van der Waals surface area contributed by atoms with E-state index >= 15 is 0 Å². The molecule has 2 aromatic rings. The average molecular weight is 277 g/mol. The molecule has 5 heteroatoms. The van der Waals surface area contributed by atoms with Crippen molar-refractivity contribution in [3.63, 3.8) is 0 Å². The zero-order chi connectivity index (χ0) is 13.0. The number of aromatic nitrogens is 1. The lowest BCUT2D eigenvalue weighted by atomic mass is 9.49. The summed E-state index contributed by atoms with van der Waals surface area (Å²) in [7, 11) is 0. The third-order valence-corrected chi connectivity index (χ3v) is 6.31. The molecule has 0 saturated carbocycles. The van der Waals surface area contributed by atoms with E-state index in [1.807, 2.05) is 17.1 Å². The molecule has 18 heavy (non-hydrogen) atoms. The van der Waals surface area contributed by atoms with Crippen LogP contribution in [0, 0.1) is 0 Å². The number of hydrogen-bond acceptors (Lipinski definition) is 4. The van der Waals surface area contributed by atoms with Crippen LogP contribution in [0.5, 0.6) is 0 Å². The average Bonchev–Trinajstić information content (AvgIpc) is 2.75. The topological polar surface area (TPSA) is 22.1 Å². The van der Waals surface area contributed by atoms with Gasteiger partial charge in [0.15, 0.2) is 0 Å². The third-order valence-electron chi connectivity index (χ3n) is 4.09. The molecular formula is C13H16BNOS2. The van der Waals surface area contributed by atoms with Crippen molar-refractivity contribution >= 4 is 39.4 Å². The van der Waals surface area contributed by atoms with E-state index in [1.165, 1.54) is 9.60 Å². The van der Waals surface area contributed by atoms with Gasteiger partial charge < -0.3 is 4.65 Å². The molecule has 94 valence electrons. The highest BCUT2D eigenvalue weighted by Crippen LogP contribution is 2.58. The first-order valence-corrected chi connectivity index (χ1v) is 7.84. The van der Waals surface area contributed by atoms with Crippen LogP contribution in [0.3, 0.4) is 0 Å². The molecule has 0 bridgehead atoms. The molecule has 0 spiro atoms. The van der Waals surface area contributed by atoms with E-state index in [1.54, 1.807) is 11.3 Å². The minimum Gasteiger partial charge on any atom is -0.420 e. The van der Waals surface area contributed by atoms with Crippen LogP contribution in [0.4, 0.5) is 0 Å². The van der Waals surface area contributed by atoms with E-state index in [-0.39, 0.29) is 17.1 Å². The summed E-state index contributed by atoms with van der Waals surface area (Å²) in [5.74, 6) is 0. The summed E-state index contributed by atoms with van der Waals surface area (Å²) in [4.78, 5) is 5.57. The Morgan fingerprint density at radius 1 is 1.28 bits per heavy atom. The standard InChI is InChI=1S/C13H16BNOS2/c1-12(2)13(3,4)16-14(12)18-9-5-6-10-11(7-9)17-8-15-10/h5-8H,1-4H3. The van der Waals surface area contributed by atoms with Crippen LogP contribution >= 0.6 is 22.9 Å². The largest absolute Gasteiger partial charge is 0.420 e. The van der Waals surface area contributed by atoms with Gasteiger partial charge in [-0.05, 0) is 32.0 Å². The SMILES string of the molecule is CC1(C)OB(Sc2ccc3ncsc3c2)C1(C)C. The van der Waals surface area contributed by atoms with Gasteiger partial charge in [-0.2, -0.15) is 0 Å². The van der Waals surface area contributed by atoms with Gasteiger partial charge >= 0.3 is 6.19 Å². The van der Waals surface area contributed by atoms with Crippen LogP contribution in [-0.4, -0.2) is 16.8 Å². The van der Waals surface area contributed by atoms with Crippen LogP contribution in [0.1, 0.15) is 27.7 Å². The summed E-state index contributed by atoms with van der Waals surface area (Å²) in [6.07, 6.45) is 0.234.